The molecule has 144 valence electrons. The van der Waals surface area contributed by atoms with Crippen LogP contribution in [0.5, 0.6) is 0 Å². The van der Waals surface area contributed by atoms with Crippen molar-refractivity contribution in [1.82, 2.24) is 20.6 Å². The predicted octanol–water partition coefficient (Wildman–Crippen LogP) is 2.08. The predicted molar refractivity (Wildman–Crippen MR) is 108 cm³/mol. The van der Waals surface area contributed by atoms with Crippen LogP contribution in [0, 0.1) is 5.92 Å². The van der Waals surface area contributed by atoms with Gasteiger partial charge in [-0.25, -0.2) is 4.98 Å². The molecular weight excluding hydrogens is 360 g/mol. The Hall–Kier alpha value is -1.99. The summed E-state index contributed by atoms with van der Waals surface area (Å²) in [6.07, 6.45) is 7.04. The Bertz CT molecular complexity index is 943. The monoisotopic (exact) mass is 386 g/mol. The lowest BCUT2D eigenvalue weighted by Gasteiger charge is -2.17. The molecule has 2 aliphatic rings. The summed E-state index contributed by atoms with van der Waals surface area (Å²) in [5, 5.41) is 7.00. The fourth-order valence-electron chi connectivity index (χ4n) is 3.87. The molecule has 0 saturated heterocycles. The van der Waals surface area contributed by atoms with E-state index < -0.39 is 0 Å². The topological polar surface area (TPSA) is 86.9 Å². The molecule has 1 aliphatic carbocycles. The molecule has 0 saturated carbocycles. The van der Waals surface area contributed by atoms with Gasteiger partial charge >= 0.3 is 0 Å². The van der Waals surface area contributed by atoms with Crippen LogP contribution in [0.2, 0.25) is 0 Å². The normalized spacial score (nSPS) is 19.6. The van der Waals surface area contributed by atoms with E-state index in [1.807, 2.05) is 0 Å². The Balaban J connectivity index is 1.41. The Kier molecular flexibility index (Phi) is 5.41. The summed E-state index contributed by atoms with van der Waals surface area (Å²) in [5.74, 6) is 1.27. The third-order valence-corrected chi connectivity index (χ3v) is 6.62. The molecule has 0 spiro atoms. The number of aromatic nitrogens is 2. The molecule has 3 heterocycles. The second-order valence-electron chi connectivity index (χ2n) is 7.64. The van der Waals surface area contributed by atoms with Crippen molar-refractivity contribution in [2.75, 3.05) is 19.6 Å². The number of aryl methyl sites for hydroxylation is 2. The summed E-state index contributed by atoms with van der Waals surface area (Å²) in [6, 6.07) is 0. The second kappa shape index (κ2) is 7.94. The maximum atomic E-state index is 12.6. The minimum absolute atomic E-state index is 0.00326. The van der Waals surface area contributed by atoms with Crippen LogP contribution in [0.25, 0.3) is 10.2 Å². The minimum Gasteiger partial charge on any atom is -0.352 e. The van der Waals surface area contributed by atoms with Crippen molar-refractivity contribution in [3.63, 3.8) is 0 Å². The van der Waals surface area contributed by atoms with E-state index in [1.54, 1.807) is 11.3 Å². The lowest BCUT2D eigenvalue weighted by Crippen LogP contribution is -2.30. The zero-order valence-corrected chi connectivity index (χ0v) is 16.5. The Morgan fingerprint density at radius 1 is 1.41 bits per heavy atom. The summed E-state index contributed by atoms with van der Waals surface area (Å²) in [4.78, 5) is 34.4. The number of amides is 1. The van der Waals surface area contributed by atoms with E-state index in [0.717, 1.165) is 49.0 Å². The molecule has 0 radical (unpaired) electrons. The van der Waals surface area contributed by atoms with Gasteiger partial charge in [-0.15, -0.1) is 11.3 Å². The van der Waals surface area contributed by atoms with Gasteiger partial charge in [0.25, 0.3) is 5.56 Å². The lowest BCUT2D eigenvalue weighted by molar-refractivity contribution is -0.120. The summed E-state index contributed by atoms with van der Waals surface area (Å²) < 4.78 is 0. The van der Waals surface area contributed by atoms with Crippen LogP contribution in [-0.4, -0.2) is 35.5 Å². The largest absolute Gasteiger partial charge is 0.352 e. The molecule has 4 rings (SSSR count). The van der Waals surface area contributed by atoms with Gasteiger partial charge in [-0.05, 0) is 43.7 Å². The standard InChI is InChI=1S/C20H26N4O2S/c1-12-2-3-14-15(10-12)27-20-18(14)19(26)23-16(24-20)4-5-17(25)22-11-13-6-8-21-9-7-13/h6,12,21H,2-5,7-11H2,1H3,(H,22,25)(H,23,24,26). The molecule has 0 fully saturated rings. The number of nitrogens with zero attached hydrogens (tertiary/aromatic N) is 1. The summed E-state index contributed by atoms with van der Waals surface area (Å²) >= 11 is 1.65. The molecule has 1 unspecified atom stereocenters. The molecule has 7 heteroatoms. The Morgan fingerprint density at radius 2 is 2.30 bits per heavy atom. The number of carbonyl (C=O) groups excluding carboxylic acids is 1. The molecule has 0 bridgehead atoms. The van der Waals surface area contributed by atoms with Crippen molar-refractivity contribution < 1.29 is 4.79 Å². The quantitative estimate of drug-likeness (QED) is 0.687. The van der Waals surface area contributed by atoms with Crippen LogP contribution in [-0.2, 0) is 24.1 Å². The fraction of sp³-hybridized carbons (Fsp3) is 0.550. The SMILES string of the molecule is CC1CCc2c(sc3nc(CCC(=O)NCC4=CCNCC4)[nH]c(=O)c23)C1. The molecule has 1 amide bonds. The number of rotatable bonds is 5. The van der Waals surface area contributed by atoms with Crippen molar-refractivity contribution in [2.45, 2.75) is 45.4 Å². The third-order valence-electron chi connectivity index (χ3n) is 5.47. The highest BCUT2D eigenvalue weighted by molar-refractivity contribution is 7.18. The van der Waals surface area contributed by atoms with Gasteiger partial charge in [0.1, 0.15) is 10.7 Å². The van der Waals surface area contributed by atoms with E-state index in [-0.39, 0.29) is 11.5 Å². The van der Waals surface area contributed by atoms with E-state index in [1.165, 1.54) is 16.0 Å². The average Bonchev–Trinajstić information content (AvgIpc) is 3.03. The number of nitrogens with one attached hydrogen (secondary N) is 3. The molecule has 2 aromatic rings. The van der Waals surface area contributed by atoms with Gasteiger partial charge < -0.3 is 15.6 Å². The van der Waals surface area contributed by atoms with E-state index >= 15 is 0 Å². The third kappa shape index (κ3) is 4.14. The lowest BCUT2D eigenvalue weighted by atomic mass is 9.89. The maximum Gasteiger partial charge on any atom is 0.259 e. The Morgan fingerprint density at radius 3 is 3.11 bits per heavy atom. The Labute approximate surface area is 162 Å². The van der Waals surface area contributed by atoms with Gasteiger partial charge in [-0.3, -0.25) is 9.59 Å². The second-order valence-corrected chi connectivity index (χ2v) is 8.72. The first-order valence-corrected chi connectivity index (χ1v) is 10.6. The average molecular weight is 387 g/mol. The first-order chi connectivity index (χ1) is 13.1. The van der Waals surface area contributed by atoms with Crippen LogP contribution in [0.15, 0.2) is 16.4 Å². The molecule has 2 aromatic heterocycles. The van der Waals surface area contributed by atoms with Gasteiger partial charge in [-0.1, -0.05) is 18.6 Å². The van der Waals surface area contributed by atoms with E-state index in [9.17, 15) is 9.59 Å². The van der Waals surface area contributed by atoms with E-state index in [2.05, 4.69) is 33.6 Å². The van der Waals surface area contributed by atoms with Crippen molar-refractivity contribution in [1.29, 1.82) is 0 Å². The van der Waals surface area contributed by atoms with Gasteiger partial charge in [0.05, 0.1) is 5.39 Å². The van der Waals surface area contributed by atoms with Crippen molar-refractivity contribution in [3.8, 4) is 0 Å². The van der Waals surface area contributed by atoms with Gasteiger partial charge in [-0.2, -0.15) is 0 Å². The van der Waals surface area contributed by atoms with Crippen LogP contribution >= 0.6 is 11.3 Å². The molecule has 27 heavy (non-hydrogen) atoms. The first-order valence-electron chi connectivity index (χ1n) is 9.79. The van der Waals surface area contributed by atoms with Crippen LogP contribution in [0.4, 0.5) is 0 Å². The van der Waals surface area contributed by atoms with Crippen molar-refractivity contribution in [2.24, 2.45) is 5.92 Å². The smallest absolute Gasteiger partial charge is 0.259 e. The van der Waals surface area contributed by atoms with Crippen molar-refractivity contribution in [3.05, 3.63) is 38.3 Å². The number of hydrogen-bond donors (Lipinski definition) is 3. The summed E-state index contributed by atoms with van der Waals surface area (Å²) in [6.45, 7) is 4.71. The number of carbonyl (C=O) groups is 1. The van der Waals surface area contributed by atoms with Crippen LogP contribution in [0.3, 0.4) is 0 Å². The highest BCUT2D eigenvalue weighted by Gasteiger charge is 2.23. The number of H-pyrrole nitrogens is 1. The van der Waals surface area contributed by atoms with E-state index in [4.69, 9.17) is 0 Å². The summed E-state index contributed by atoms with van der Waals surface area (Å²) in [7, 11) is 0. The molecule has 3 N–H and O–H groups in total. The molecule has 6 nitrogen and oxygen atoms in total. The molecule has 1 aliphatic heterocycles. The molecule has 0 aromatic carbocycles. The van der Waals surface area contributed by atoms with Crippen molar-refractivity contribution >= 4 is 27.5 Å². The number of hydrogen-bond acceptors (Lipinski definition) is 5. The zero-order chi connectivity index (χ0) is 18.8. The summed E-state index contributed by atoms with van der Waals surface area (Å²) in [5.41, 5.74) is 2.41. The highest BCUT2D eigenvalue weighted by atomic mass is 32.1. The maximum absolute atomic E-state index is 12.6. The molecular formula is C20H26N4O2S. The number of aromatic amines is 1. The van der Waals surface area contributed by atoms with Gasteiger partial charge in [0.2, 0.25) is 5.91 Å². The fourth-order valence-corrected chi connectivity index (χ4v) is 5.28. The van der Waals surface area contributed by atoms with Gasteiger partial charge in [0.15, 0.2) is 0 Å². The van der Waals surface area contributed by atoms with E-state index in [0.29, 0.717) is 31.1 Å². The number of thiophene rings is 1. The van der Waals surface area contributed by atoms with Crippen LogP contribution < -0.4 is 16.2 Å². The van der Waals surface area contributed by atoms with Crippen LogP contribution in [0.1, 0.15) is 42.5 Å². The first kappa shape index (κ1) is 18.4. The number of fused-ring (bicyclic) bond motifs is 3. The molecule has 1 atom stereocenters. The van der Waals surface area contributed by atoms with Gasteiger partial charge in [0, 0.05) is 30.8 Å². The minimum atomic E-state index is -0.0534. The zero-order valence-electron chi connectivity index (χ0n) is 15.7. The highest BCUT2D eigenvalue weighted by Crippen LogP contribution is 2.35.